The Morgan fingerprint density at radius 2 is 0.530 bits per heavy atom. The molecule has 0 bridgehead atoms. The van der Waals surface area contributed by atoms with E-state index in [4.69, 9.17) is 14.2 Å². The largest absolute Gasteiger partial charge is 0.462 e. The first-order valence-corrected chi connectivity index (χ1v) is 29.9. The number of ether oxygens (including phenoxy) is 3. The molecule has 66 heavy (non-hydrogen) atoms. The molecule has 0 aliphatic carbocycles. The van der Waals surface area contributed by atoms with E-state index in [1.165, 1.54) is 238 Å². The molecule has 6 nitrogen and oxygen atoms in total. The molecule has 392 valence electrons. The van der Waals surface area contributed by atoms with Gasteiger partial charge in [-0.2, -0.15) is 0 Å². The average molecular weight is 934 g/mol. The third-order valence-electron chi connectivity index (χ3n) is 14.2. The van der Waals surface area contributed by atoms with Crippen molar-refractivity contribution in [2.45, 2.75) is 348 Å². The summed E-state index contributed by atoms with van der Waals surface area (Å²) in [5.41, 5.74) is 0. The Kier molecular flexibility index (Phi) is 53.0. The zero-order valence-electron chi connectivity index (χ0n) is 45.2. The summed E-state index contributed by atoms with van der Waals surface area (Å²) < 4.78 is 16.9. The van der Waals surface area contributed by atoms with Gasteiger partial charge in [0.1, 0.15) is 13.2 Å². The molecule has 2 atom stereocenters. The molecule has 0 aromatic heterocycles. The summed E-state index contributed by atoms with van der Waals surface area (Å²) in [4.78, 5) is 38.2. The van der Waals surface area contributed by atoms with Crippen LogP contribution in [0.25, 0.3) is 0 Å². The smallest absolute Gasteiger partial charge is 0.306 e. The fourth-order valence-electron chi connectivity index (χ4n) is 9.25. The van der Waals surface area contributed by atoms with E-state index in [2.05, 4.69) is 27.7 Å². The Hall–Kier alpha value is -1.59. The summed E-state index contributed by atoms with van der Waals surface area (Å²) in [7, 11) is 0. The number of rotatable bonds is 55. The predicted molar refractivity (Wildman–Crippen MR) is 284 cm³/mol. The Morgan fingerprint density at radius 1 is 0.303 bits per heavy atom. The molecule has 0 spiro atoms. The number of carbonyl (C=O) groups excluding carboxylic acids is 3. The quantitative estimate of drug-likeness (QED) is 0.0343. The van der Waals surface area contributed by atoms with E-state index in [1.54, 1.807) is 0 Å². The zero-order chi connectivity index (χ0) is 48.1. The second-order valence-corrected chi connectivity index (χ2v) is 20.9. The van der Waals surface area contributed by atoms with Gasteiger partial charge in [0.05, 0.1) is 0 Å². The van der Waals surface area contributed by atoms with Crippen LogP contribution in [-0.2, 0) is 28.6 Å². The van der Waals surface area contributed by atoms with Crippen LogP contribution < -0.4 is 0 Å². The monoisotopic (exact) mass is 933 g/mol. The molecule has 0 N–H and O–H groups in total. The maximum Gasteiger partial charge on any atom is 0.306 e. The summed E-state index contributed by atoms with van der Waals surface area (Å²) >= 11 is 0. The third kappa shape index (κ3) is 51.8. The summed E-state index contributed by atoms with van der Waals surface area (Å²) in [5, 5.41) is 0. The highest BCUT2D eigenvalue weighted by Crippen LogP contribution is 2.19. The van der Waals surface area contributed by atoms with Crippen LogP contribution in [0.15, 0.2) is 0 Å². The number of unbranched alkanes of at least 4 members (excludes halogenated alkanes) is 41. The normalized spacial score (nSPS) is 12.4. The van der Waals surface area contributed by atoms with Crippen LogP contribution in [0.1, 0.15) is 342 Å². The van der Waals surface area contributed by atoms with E-state index in [9.17, 15) is 14.4 Å². The maximum absolute atomic E-state index is 12.8. The van der Waals surface area contributed by atoms with E-state index in [-0.39, 0.29) is 31.1 Å². The molecule has 0 aromatic rings. The average Bonchev–Trinajstić information content (AvgIpc) is 3.32. The minimum absolute atomic E-state index is 0.0616. The maximum atomic E-state index is 12.8. The van der Waals surface area contributed by atoms with E-state index in [1.807, 2.05) is 0 Å². The van der Waals surface area contributed by atoms with Crippen molar-refractivity contribution in [3.05, 3.63) is 0 Å². The van der Waals surface area contributed by atoms with Gasteiger partial charge in [-0.05, 0) is 25.2 Å². The van der Waals surface area contributed by atoms with Crippen molar-refractivity contribution < 1.29 is 28.6 Å². The van der Waals surface area contributed by atoms with E-state index >= 15 is 0 Å². The first-order valence-electron chi connectivity index (χ1n) is 29.9. The van der Waals surface area contributed by atoms with Gasteiger partial charge in [-0.25, -0.2) is 0 Å². The van der Waals surface area contributed by atoms with Crippen molar-refractivity contribution >= 4 is 17.9 Å². The van der Waals surface area contributed by atoms with Crippen molar-refractivity contribution in [1.82, 2.24) is 0 Å². The number of carbonyl (C=O) groups is 3. The van der Waals surface area contributed by atoms with Crippen molar-refractivity contribution in [1.29, 1.82) is 0 Å². The number of hydrogen-bond donors (Lipinski definition) is 0. The number of esters is 3. The predicted octanol–water partition coefficient (Wildman–Crippen LogP) is 19.8. The third-order valence-corrected chi connectivity index (χ3v) is 14.2. The molecule has 6 heteroatoms. The van der Waals surface area contributed by atoms with Crippen LogP contribution in [0, 0.1) is 5.92 Å². The fourth-order valence-corrected chi connectivity index (χ4v) is 9.25. The summed E-state index contributed by atoms with van der Waals surface area (Å²) in [6.45, 7) is 9.11. The van der Waals surface area contributed by atoms with Gasteiger partial charge >= 0.3 is 17.9 Å². The second kappa shape index (κ2) is 54.4. The highest BCUT2D eigenvalue weighted by atomic mass is 16.6. The van der Waals surface area contributed by atoms with Crippen LogP contribution >= 0.6 is 0 Å². The van der Waals surface area contributed by atoms with Crippen molar-refractivity contribution in [3.63, 3.8) is 0 Å². The van der Waals surface area contributed by atoms with Crippen molar-refractivity contribution in [3.8, 4) is 0 Å². The van der Waals surface area contributed by atoms with Crippen LogP contribution in [0.5, 0.6) is 0 Å². The lowest BCUT2D eigenvalue weighted by Crippen LogP contribution is -2.30. The van der Waals surface area contributed by atoms with Crippen LogP contribution in [0.4, 0.5) is 0 Å². The molecule has 0 aliphatic heterocycles. The lowest BCUT2D eigenvalue weighted by molar-refractivity contribution is -0.167. The van der Waals surface area contributed by atoms with Crippen molar-refractivity contribution in [2.24, 2.45) is 5.92 Å². The minimum atomic E-state index is -0.762. The molecule has 0 saturated carbocycles. The van der Waals surface area contributed by atoms with Gasteiger partial charge in [0.15, 0.2) is 6.10 Å². The van der Waals surface area contributed by atoms with E-state index in [0.29, 0.717) is 19.3 Å². The molecule has 0 heterocycles. The van der Waals surface area contributed by atoms with Gasteiger partial charge in [-0.15, -0.1) is 0 Å². The van der Waals surface area contributed by atoms with Crippen LogP contribution in [0.3, 0.4) is 0 Å². The molecular weight excluding hydrogens is 817 g/mol. The highest BCUT2D eigenvalue weighted by Gasteiger charge is 2.19. The van der Waals surface area contributed by atoms with E-state index < -0.39 is 6.10 Å². The summed E-state index contributed by atoms with van der Waals surface area (Å²) in [5.74, 6) is 0.0631. The molecule has 0 rings (SSSR count). The highest BCUT2D eigenvalue weighted by molar-refractivity contribution is 5.71. The Labute approximate surface area is 412 Å². The lowest BCUT2D eigenvalue weighted by atomic mass is 9.99. The fraction of sp³-hybridized carbons (Fsp3) is 0.950. The molecule has 0 fully saturated rings. The van der Waals surface area contributed by atoms with E-state index in [0.717, 1.165) is 63.7 Å². The summed E-state index contributed by atoms with van der Waals surface area (Å²) in [6.07, 6.45) is 59.4. The standard InChI is InChI=1S/C60H116O6/c1-5-8-10-12-14-16-18-20-21-22-23-28-31-35-39-43-47-51-58(61)64-54-57(66-60(63)53-49-45-41-37-33-26-19-17-15-13-11-9-6-2)55-65-59(62)52-48-44-40-36-32-29-25-24-27-30-34-38-42-46-50-56(4)7-3/h56-57H,5-55H2,1-4H3/t56?,57-/m1/s1. The molecule has 0 aromatic carbocycles. The molecule has 1 unspecified atom stereocenters. The van der Waals surface area contributed by atoms with Gasteiger partial charge in [-0.1, -0.05) is 304 Å². The molecule has 0 amide bonds. The lowest BCUT2D eigenvalue weighted by Gasteiger charge is -2.18. The Balaban J connectivity index is 4.27. The van der Waals surface area contributed by atoms with Crippen LogP contribution in [-0.4, -0.2) is 37.2 Å². The first kappa shape index (κ1) is 64.4. The van der Waals surface area contributed by atoms with Gasteiger partial charge in [0, 0.05) is 19.3 Å². The van der Waals surface area contributed by atoms with Gasteiger partial charge < -0.3 is 14.2 Å². The van der Waals surface area contributed by atoms with Gasteiger partial charge in [0.25, 0.3) is 0 Å². The topological polar surface area (TPSA) is 78.9 Å². The minimum Gasteiger partial charge on any atom is -0.462 e. The van der Waals surface area contributed by atoms with Crippen LogP contribution in [0.2, 0.25) is 0 Å². The zero-order valence-corrected chi connectivity index (χ0v) is 45.2. The van der Waals surface area contributed by atoms with Gasteiger partial charge in [0.2, 0.25) is 0 Å². The van der Waals surface area contributed by atoms with Gasteiger partial charge in [-0.3, -0.25) is 14.4 Å². The Bertz CT molecular complexity index is 998. The summed E-state index contributed by atoms with van der Waals surface area (Å²) in [6, 6.07) is 0. The number of hydrogen-bond acceptors (Lipinski definition) is 6. The first-order chi connectivity index (χ1) is 32.4. The second-order valence-electron chi connectivity index (χ2n) is 20.9. The molecule has 0 radical (unpaired) electrons. The Morgan fingerprint density at radius 3 is 0.788 bits per heavy atom. The van der Waals surface area contributed by atoms with Crippen molar-refractivity contribution in [2.75, 3.05) is 13.2 Å². The molecular formula is C60H116O6. The molecule has 0 aliphatic rings. The SMILES string of the molecule is CCCCCCCCCCCCCCCCCCCC(=O)OC[C@H](COC(=O)CCCCCCCCCCCCCCCCC(C)CC)OC(=O)CCCCCCCCCCCCCCC. The molecule has 0 saturated heterocycles.